The van der Waals surface area contributed by atoms with Crippen LogP contribution in [0.3, 0.4) is 0 Å². The molecule has 2 N–H and O–H groups in total. The zero-order valence-corrected chi connectivity index (χ0v) is 11.1. The van der Waals surface area contributed by atoms with Crippen molar-refractivity contribution in [1.29, 1.82) is 0 Å². The first-order valence-electron chi connectivity index (χ1n) is 5.82. The van der Waals surface area contributed by atoms with Gasteiger partial charge in [-0.2, -0.15) is 0 Å². The lowest BCUT2D eigenvalue weighted by Crippen LogP contribution is -2.26. The van der Waals surface area contributed by atoms with Crippen molar-refractivity contribution in [2.75, 3.05) is 12.8 Å². The van der Waals surface area contributed by atoms with Crippen molar-refractivity contribution in [3.05, 3.63) is 28.8 Å². The van der Waals surface area contributed by atoms with Crippen LogP contribution in [0.4, 0.5) is 5.69 Å². The number of rotatable bonds is 5. The predicted molar refractivity (Wildman–Crippen MR) is 71.9 cm³/mol. The molecule has 0 aliphatic heterocycles. The first-order valence-corrected chi connectivity index (χ1v) is 6.20. The van der Waals surface area contributed by atoms with E-state index >= 15 is 0 Å². The van der Waals surface area contributed by atoms with E-state index in [-0.39, 0.29) is 5.91 Å². The van der Waals surface area contributed by atoms with Gasteiger partial charge in [-0.25, -0.2) is 0 Å². The normalized spacial score (nSPS) is 10.3. The Morgan fingerprint density at radius 1 is 1.47 bits per heavy atom. The minimum atomic E-state index is 0.144. The molecule has 0 spiro atoms. The van der Waals surface area contributed by atoms with E-state index in [0.29, 0.717) is 23.7 Å². The number of carbonyl (C=O) groups is 1. The summed E-state index contributed by atoms with van der Waals surface area (Å²) in [6.45, 7) is 2.58. The maximum Gasteiger partial charge on any atom is 0.222 e. The van der Waals surface area contributed by atoms with E-state index in [0.717, 1.165) is 18.4 Å². The molecule has 0 aliphatic rings. The third-order valence-corrected chi connectivity index (χ3v) is 3.02. The summed E-state index contributed by atoms with van der Waals surface area (Å²) >= 11 is 6.06. The van der Waals surface area contributed by atoms with Crippen molar-refractivity contribution < 1.29 is 4.79 Å². The molecule has 0 heterocycles. The summed E-state index contributed by atoms with van der Waals surface area (Å²) in [5, 5.41) is 0.648. The number of nitrogens with zero attached hydrogens (tertiary/aromatic N) is 1. The van der Waals surface area contributed by atoms with E-state index in [2.05, 4.69) is 6.92 Å². The highest BCUT2D eigenvalue weighted by Gasteiger charge is 2.10. The summed E-state index contributed by atoms with van der Waals surface area (Å²) < 4.78 is 0. The second-order valence-electron chi connectivity index (χ2n) is 4.20. The van der Waals surface area contributed by atoms with Gasteiger partial charge in [-0.15, -0.1) is 0 Å². The fourth-order valence-corrected chi connectivity index (χ4v) is 1.76. The fraction of sp³-hybridized carbons (Fsp3) is 0.462. The summed E-state index contributed by atoms with van der Waals surface area (Å²) in [6, 6.07) is 5.33. The molecule has 0 atom stereocenters. The van der Waals surface area contributed by atoms with Gasteiger partial charge in [0.25, 0.3) is 0 Å². The van der Waals surface area contributed by atoms with Crippen molar-refractivity contribution in [1.82, 2.24) is 4.90 Å². The Bertz CT molecular complexity index is 393. The van der Waals surface area contributed by atoms with Gasteiger partial charge in [0, 0.05) is 30.7 Å². The molecule has 0 aromatic heterocycles. The predicted octanol–water partition coefficient (Wildman–Crippen LogP) is 3.07. The molecule has 0 unspecified atom stereocenters. The van der Waals surface area contributed by atoms with E-state index in [1.165, 1.54) is 0 Å². The van der Waals surface area contributed by atoms with Gasteiger partial charge >= 0.3 is 0 Å². The molecule has 0 radical (unpaired) electrons. The van der Waals surface area contributed by atoms with Gasteiger partial charge in [-0.3, -0.25) is 4.79 Å². The van der Waals surface area contributed by atoms with E-state index < -0.39 is 0 Å². The molecule has 1 rings (SSSR count). The number of carbonyl (C=O) groups excluding carboxylic acids is 1. The third kappa shape index (κ3) is 4.27. The number of amides is 1. The maximum atomic E-state index is 11.8. The van der Waals surface area contributed by atoms with Crippen LogP contribution in [0.1, 0.15) is 31.7 Å². The number of unbranched alkanes of at least 4 members (excludes halogenated alkanes) is 1. The van der Waals surface area contributed by atoms with Crippen molar-refractivity contribution in [2.45, 2.75) is 32.7 Å². The Hall–Kier alpha value is -1.22. The van der Waals surface area contributed by atoms with Crippen LogP contribution >= 0.6 is 11.6 Å². The SMILES string of the molecule is CCCCC(=O)N(C)Cc1cc(N)ccc1Cl. The molecule has 0 saturated carbocycles. The second-order valence-corrected chi connectivity index (χ2v) is 4.61. The van der Waals surface area contributed by atoms with Crippen molar-refractivity contribution >= 4 is 23.2 Å². The van der Waals surface area contributed by atoms with Gasteiger partial charge in [-0.1, -0.05) is 24.9 Å². The largest absolute Gasteiger partial charge is 0.399 e. The zero-order chi connectivity index (χ0) is 12.8. The van der Waals surface area contributed by atoms with Gasteiger partial charge in [0.05, 0.1) is 0 Å². The molecular formula is C13H19ClN2O. The maximum absolute atomic E-state index is 11.8. The first kappa shape index (κ1) is 13.8. The van der Waals surface area contributed by atoms with Crippen molar-refractivity contribution in [3.63, 3.8) is 0 Å². The fourth-order valence-electron chi connectivity index (χ4n) is 1.58. The van der Waals surface area contributed by atoms with Gasteiger partial charge in [0.1, 0.15) is 0 Å². The Morgan fingerprint density at radius 3 is 2.82 bits per heavy atom. The number of anilines is 1. The number of hydrogen-bond acceptors (Lipinski definition) is 2. The van der Waals surface area contributed by atoms with Crippen LogP contribution < -0.4 is 5.73 Å². The Labute approximate surface area is 108 Å². The molecule has 0 aliphatic carbocycles. The lowest BCUT2D eigenvalue weighted by Gasteiger charge is -2.18. The zero-order valence-electron chi connectivity index (χ0n) is 10.4. The molecule has 94 valence electrons. The van der Waals surface area contributed by atoms with E-state index in [1.807, 2.05) is 6.07 Å². The van der Waals surface area contributed by atoms with Gasteiger partial charge in [0.2, 0.25) is 5.91 Å². The molecular weight excluding hydrogens is 236 g/mol. The highest BCUT2D eigenvalue weighted by Crippen LogP contribution is 2.20. The molecule has 1 aromatic carbocycles. The highest BCUT2D eigenvalue weighted by atomic mass is 35.5. The molecule has 0 bridgehead atoms. The number of hydrogen-bond donors (Lipinski definition) is 1. The van der Waals surface area contributed by atoms with Crippen molar-refractivity contribution in [3.8, 4) is 0 Å². The topological polar surface area (TPSA) is 46.3 Å². The quantitative estimate of drug-likeness (QED) is 0.821. The lowest BCUT2D eigenvalue weighted by molar-refractivity contribution is -0.130. The summed E-state index contributed by atoms with van der Waals surface area (Å²) in [6.07, 6.45) is 2.54. The average Bonchev–Trinajstić information content (AvgIpc) is 2.30. The van der Waals surface area contributed by atoms with Crippen LogP contribution in [-0.4, -0.2) is 17.9 Å². The standard InChI is InChI=1S/C13H19ClN2O/c1-3-4-5-13(17)16(2)9-10-8-11(15)6-7-12(10)14/h6-8H,3-5,9,15H2,1-2H3. The van der Waals surface area contributed by atoms with E-state index in [4.69, 9.17) is 17.3 Å². The molecule has 1 amide bonds. The monoisotopic (exact) mass is 254 g/mol. The average molecular weight is 255 g/mol. The van der Waals surface area contributed by atoms with E-state index in [9.17, 15) is 4.79 Å². The van der Waals surface area contributed by atoms with Crippen LogP contribution in [0.2, 0.25) is 5.02 Å². The minimum Gasteiger partial charge on any atom is -0.399 e. The number of halogens is 1. The first-order chi connectivity index (χ1) is 8.04. The lowest BCUT2D eigenvalue weighted by atomic mass is 10.1. The van der Waals surface area contributed by atoms with Crippen LogP contribution in [0.5, 0.6) is 0 Å². The van der Waals surface area contributed by atoms with E-state index in [1.54, 1.807) is 24.1 Å². The number of nitrogen functional groups attached to an aromatic ring is 1. The molecule has 0 saturated heterocycles. The van der Waals surface area contributed by atoms with Gasteiger partial charge in [0.15, 0.2) is 0 Å². The van der Waals surface area contributed by atoms with Crippen LogP contribution in [-0.2, 0) is 11.3 Å². The Kier molecular flexibility index (Phi) is 5.29. The summed E-state index contributed by atoms with van der Waals surface area (Å²) in [5.74, 6) is 0.144. The Morgan fingerprint density at radius 2 is 2.18 bits per heavy atom. The highest BCUT2D eigenvalue weighted by molar-refractivity contribution is 6.31. The molecule has 4 heteroatoms. The second kappa shape index (κ2) is 6.50. The smallest absolute Gasteiger partial charge is 0.222 e. The van der Waals surface area contributed by atoms with Crippen LogP contribution in [0.15, 0.2) is 18.2 Å². The van der Waals surface area contributed by atoms with Crippen LogP contribution in [0.25, 0.3) is 0 Å². The molecule has 17 heavy (non-hydrogen) atoms. The molecule has 1 aromatic rings. The minimum absolute atomic E-state index is 0.144. The third-order valence-electron chi connectivity index (χ3n) is 2.65. The van der Waals surface area contributed by atoms with Gasteiger partial charge < -0.3 is 10.6 Å². The number of benzene rings is 1. The molecule has 0 fully saturated rings. The summed E-state index contributed by atoms with van der Waals surface area (Å²) in [5.41, 5.74) is 7.25. The molecule has 3 nitrogen and oxygen atoms in total. The summed E-state index contributed by atoms with van der Waals surface area (Å²) in [7, 11) is 1.79. The summed E-state index contributed by atoms with van der Waals surface area (Å²) in [4.78, 5) is 13.4. The Balaban J connectivity index is 2.64. The van der Waals surface area contributed by atoms with Gasteiger partial charge in [-0.05, 0) is 30.2 Å². The van der Waals surface area contributed by atoms with Crippen molar-refractivity contribution in [2.24, 2.45) is 0 Å². The van der Waals surface area contributed by atoms with Crippen LogP contribution in [0, 0.1) is 0 Å². The number of nitrogens with two attached hydrogens (primary N) is 1.